The van der Waals surface area contributed by atoms with Crippen LogP contribution >= 0.6 is 0 Å². The number of aryl methyl sites for hydroxylation is 1. The van der Waals surface area contributed by atoms with Crippen LogP contribution in [0.4, 0.5) is 0 Å². The number of fused-ring (bicyclic) bond motifs is 1. The zero-order valence-electron chi connectivity index (χ0n) is 9.88. The second kappa shape index (κ2) is 4.11. The third kappa shape index (κ3) is 1.80. The first-order valence-corrected chi connectivity index (χ1v) is 5.71. The third-order valence-corrected chi connectivity index (χ3v) is 2.77. The molecule has 2 aromatic heterocycles. The first-order chi connectivity index (χ1) is 8.74. The maximum Gasteiger partial charge on any atom is 0.246 e. The molecule has 0 saturated carbocycles. The summed E-state index contributed by atoms with van der Waals surface area (Å²) in [5, 5.41) is 0.925. The monoisotopic (exact) mass is 237 g/mol. The summed E-state index contributed by atoms with van der Waals surface area (Å²) in [6.45, 7) is 1.86. The van der Waals surface area contributed by atoms with Crippen LogP contribution in [0.3, 0.4) is 0 Å². The van der Waals surface area contributed by atoms with E-state index in [1.807, 2.05) is 43.3 Å². The molecule has 0 bridgehead atoms. The number of nitrogens with zero attached hydrogens (tertiary/aromatic N) is 1. The molecule has 88 valence electrons. The number of hydrogen-bond acceptors (Lipinski definition) is 3. The van der Waals surface area contributed by atoms with E-state index in [-0.39, 0.29) is 5.78 Å². The summed E-state index contributed by atoms with van der Waals surface area (Å²) in [4.78, 5) is 16.4. The fraction of sp³-hybridized carbons (Fsp3) is 0.0667. The number of para-hydroxylation sites is 1. The smallest absolute Gasteiger partial charge is 0.246 e. The Kier molecular flexibility index (Phi) is 2.45. The fourth-order valence-corrected chi connectivity index (χ4v) is 1.89. The lowest BCUT2D eigenvalue weighted by molar-refractivity contribution is 0.101. The van der Waals surface area contributed by atoms with Gasteiger partial charge in [0.15, 0.2) is 5.76 Å². The van der Waals surface area contributed by atoms with Gasteiger partial charge in [-0.1, -0.05) is 24.3 Å². The summed E-state index contributed by atoms with van der Waals surface area (Å²) in [6, 6.07) is 14.7. The van der Waals surface area contributed by atoms with E-state index in [2.05, 4.69) is 4.98 Å². The van der Waals surface area contributed by atoms with Crippen molar-refractivity contribution in [3.05, 3.63) is 65.7 Å². The SMILES string of the molecule is Cc1cccc(C(=O)c2cc3ccccc3o2)n1. The molecule has 0 aliphatic rings. The van der Waals surface area contributed by atoms with Crippen LogP contribution in [-0.4, -0.2) is 10.8 Å². The van der Waals surface area contributed by atoms with E-state index >= 15 is 0 Å². The molecule has 3 heteroatoms. The van der Waals surface area contributed by atoms with Gasteiger partial charge in [0.2, 0.25) is 5.78 Å². The number of pyridine rings is 1. The van der Waals surface area contributed by atoms with E-state index in [4.69, 9.17) is 4.42 Å². The van der Waals surface area contributed by atoms with Gasteiger partial charge in [-0.25, -0.2) is 4.98 Å². The van der Waals surface area contributed by atoms with Crippen molar-refractivity contribution in [2.45, 2.75) is 6.92 Å². The molecule has 0 spiro atoms. The Morgan fingerprint density at radius 1 is 1.11 bits per heavy atom. The quantitative estimate of drug-likeness (QED) is 0.642. The lowest BCUT2D eigenvalue weighted by Crippen LogP contribution is -2.03. The number of hydrogen-bond donors (Lipinski definition) is 0. The second-order valence-electron chi connectivity index (χ2n) is 4.14. The van der Waals surface area contributed by atoms with Crippen LogP contribution in [0.5, 0.6) is 0 Å². The molecule has 3 nitrogen and oxygen atoms in total. The normalized spacial score (nSPS) is 10.7. The molecule has 2 heterocycles. The first-order valence-electron chi connectivity index (χ1n) is 5.71. The molecule has 0 radical (unpaired) electrons. The van der Waals surface area contributed by atoms with Crippen LogP contribution in [-0.2, 0) is 0 Å². The summed E-state index contributed by atoms with van der Waals surface area (Å²) in [5.41, 5.74) is 1.94. The standard InChI is InChI=1S/C15H11NO2/c1-10-5-4-7-12(16-10)15(17)14-9-11-6-2-3-8-13(11)18-14/h2-9H,1H3. The number of rotatable bonds is 2. The fourth-order valence-electron chi connectivity index (χ4n) is 1.89. The number of carbonyl (C=O) groups excluding carboxylic acids is 1. The lowest BCUT2D eigenvalue weighted by Gasteiger charge is -1.97. The van der Waals surface area contributed by atoms with Crippen molar-refractivity contribution in [2.75, 3.05) is 0 Å². The minimum Gasteiger partial charge on any atom is -0.453 e. The third-order valence-electron chi connectivity index (χ3n) is 2.77. The van der Waals surface area contributed by atoms with Crippen molar-refractivity contribution in [3.63, 3.8) is 0 Å². The highest BCUT2D eigenvalue weighted by atomic mass is 16.3. The van der Waals surface area contributed by atoms with Gasteiger partial charge in [-0.3, -0.25) is 4.79 Å². The van der Waals surface area contributed by atoms with E-state index in [0.29, 0.717) is 17.0 Å². The molecule has 0 amide bonds. The molecular weight excluding hydrogens is 226 g/mol. The summed E-state index contributed by atoms with van der Waals surface area (Å²) in [7, 11) is 0. The number of carbonyl (C=O) groups is 1. The van der Waals surface area contributed by atoms with Crippen molar-refractivity contribution < 1.29 is 9.21 Å². The van der Waals surface area contributed by atoms with Gasteiger partial charge in [0, 0.05) is 11.1 Å². The summed E-state index contributed by atoms with van der Waals surface area (Å²) in [5.74, 6) is 0.143. The summed E-state index contributed by atoms with van der Waals surface area (Å²) < 4.78 is 5.53. The second-order valence-corrected chi connectivity index (χ2v) is 4.14. The highest BCUT2D eigenvalue weighted by Gasteiger charge is 2.15. The molecule has 0 aliphatic heterocycles. The molecule has 0 saturated heterocycles. The summed E-state index contributed by atoms with van der Waals surface area (Å²) >= 11 is 0. The highest BCUT2D eigenvalue weighted by Crippen LogP contribution is 2.20. The molecular formula is C15H11NO2. The Labute approximate surface area is 104 Å². The summed E-state index contributed by atoms with van der Waals surface area (Å²) in [6.07, 6.45) is 0. The van der Waals surface area contributed by atoms with Crippen LogP contribution in [0, 0.1) is 6.92 Å². The van der Waals surface area contributed by atoms with E-state index in [0.717, 1.165) is 11.1 Å². The zero-order valence-corrected chi connectivity index (χ0v) is 9.88. The molecule has 0 aliphatic carbocycles. The van der Waals surface area contributed by atoms with Gasteiger partial charge in [-0.05, 0) is 31.2 Å². The molecule has 0 atom stereocenters. The molecule has 18 heavy (non-hydrogen) atoms. The van der Waals surface area contributed by atoms with Gasteiger partial charge in [0.05, 0.1) is 0 Å². The molecule has 0 N–H and O–H groups in total. The first kappa shape index (κ1) is 10.7. The average molecular weight is 237 g/mol. The largest absolute Gasteiger partial charge is 0.453 e. The van der Waals surface area contributed by atoms with Gasteiger partial charge in [0.25, 0.3) is 0 Å². The highest BCUT2D eigenvalue weighted by molar-refractivity contribution is 6.07. The van der Waals surface area contributed by atoms with Crippen LogP contribution in [0.15, 0.2) is 52.9 Å². The van der Waals surface area contributed by atoms with Crippen molar-refractivity contribution in [3.8, 4) is 0 Å². The Morgan fingerprint density at radius 3 is 2.72 bits per heavy atom. The van der Waals surface area contributed by atoms with Crippen LogP contribution in [0.25, 0.3) is 11.0 Å². The minimum absolute atomic E-state index is 0.185. The molecule has 0 unspecified atom stereocenters. The predicted molar refractivity (Wildman–Crippen MR) is 68.6 cm³/mol. The average Bonchev–Trinajstić information content (AvgIpc) is 2.81. The lowest BCUT2D eigenvalue weighted by atomic mass is 10.2. The van der Waals surface area contributed by atoms with Gasteiger partial charge in [0.1, 0.15) is 11.3 Å². The topological polar surface area (TPSA) is 43.1 Å². The Hall–Kier alpha value is -2.42. The maximum absolute atomic E-state index is 12.2. The van der Waals surface area contributed by atoms with E-state index < -0.39 is 0 Å². The number of aromatic nitrogens is 1. The zero-order chi connectivity index (χ0) is 12.5. The van der Waals surface area contributed by atoms with E-state index in [9.17, 15) is 4.79 Å². The number of furan rings is 1. The van der Waals surface area contributed by atoms with Gasteiger partial charge in [-0.2, -0.15) is 0 Å². The van der Waals surface area contributed by atoms with Crippen molar-refractivity contribution in [2.24, 2.45) is 0 Å². The van der Waals surface area contributed by atoms with Gasteiger partial charge < -0.3 is 4.42 Å². The van der Waals surface area contributed by atoms with Crippen LogP contribution in [0.1, 0.15) is 21.9 Å². The van der Waals surface area contributed by atoms with Crippen molar-refractivity contribution in [1.29, 1.82) is 0 Å². The Bertz CT molecular complexity index is 695. The van der Waals surface area contributed by atoms with Gasteiger partial charge in [-0.15, -0.1) is 0 Å². The molecule has 3 rings (SSSR count). The Balaban J connectivity index is 2.06. The number of ketones is 1. The number of benzene rings is 1. The molecule has 1 aromatic carbocycles. The van der Waals surface area contributed by atoms with Crippen LogP contribution < -0.4 is 0 Å². The van der Waals surface area contributed by atoms with Gasteiger partial charge >= 0.3 is 0 Å². The van der Waals surface area contributed by atoms with Crippen LogP contribution in [0.2, 0.25) is 0 Å². The van der Waals surface area contributed by atoms with E-state index in [1.54, 1.807) is 12.1 Å². The minimum atomic E-state index is -0.185. The van der Waals surface area contributed by atoms with E-state index in [1.165, 1.54) is 0 Å². The van der Waals surface area contributed by atoms with Crippen molar-refractivity contribution in [1.82, 2.24) is 4.98 Å². The Morgan fingerprint density at radius 2 is 1.94 bits per heavy atom. The maximum atomic E-state index is 12.2. The molecule has 3 aromatic rings. The predicted octanol–water partition coefficient (Wildman–Crippen LogP) is 3.37. The van der Waals surface area contributed by atoms with Crippen molar-refractivity contribution >= 4 is 16.8 Å². The molecule has 0 fully saturated rings.